The summed E-state index contributed by atoms with van der Waals surface area (Å²) in [5.74, 6) is 2.50. The van der Waals surface area contributed by atoms with E-state index in [-0.39, 0.29) is 5.92 Å². The van der Waals surface area contributed by atoms with Gasteiger partial charge in [-0.1, -0.05) is 48.5 Å². The van der Waals surface area contributed by atoms with E-state index in [2.05, 4.69) is 71.3 Å². The van der Waals surface area contributed by atoms with Gasteiger partial charge >= 0.3 is 0 Å². The number of fused-ring (bicyclic) bond motifs is 2. The molecule has 1 aliphatic heterocycles. The third kappa shape index (κ3) is 3.68. The molecule has 6 nitrogen and oxygen atoms in total. The van der Waals surface area contributed by atoms with Crippen molar-refractivity contribution >= 4 is 22.5 Å². The van der Waals surface area contributed by atoms with E-state index >= 15 is 0 Å². The molecule has 2 aromatic heterocycles. The minimum atomic E-state index is 0.149. The third-order valence-electron chi connectivity index (χ3n) is 7.36. The van der Waals surface area contributed by atoms with Crippen molar-refractivity contribution in [1.29, 1.82) is 0 Å². The van der Waals surface area contributed by atoms with Crippen LogP contribution >= 0.6 is 0 Å². The molecule has 34 heavy (non-hydrogen) atoms. The van der Waals surface area contributed by atoms with Gasteiger partial charge in [0.1, 0.15) is 18.0 Å². The Morgan fingerprint density at radius 3 is 2.59 bits per heavy atom. The molecule has 1 atom stereocenters. The van der Waals surface area contributed by atoms with Crippen LogP contribution in [0.1, 0.15) is 29.9 Å². The molecule has 1 aliphatic carbocycles. The second kappa shape index (κ2) is 8.37. The van der Waals surface area contributed by atoms with Gasteiger partial charge < -0.3 is 15.5 Å². The number of nitrogen functional groups attached to an aromatic ring is 1. The SMILES string of the molecule is CN(C)CC1CC(N2CC(c3ccc4ccc(-c5ccccc5)nc4c3)c3c(N)ncnc32)C1. The van der Waals surface area contributed by atoms with Crippen molar-refractivity contribution in [3.63, 3.8) is 0 Å². The Morgan fingerprint density at radius 2 is 1.79 bits per heavy atom. The zero-order chi connectivity index (χ0) is 23.2. The fourth-order valence-corrected chi connectivity index (χ4v) is 5.67. The van der Waals surface area contributed by atoms with E-state index < -0.39 is 0 Å². The molecular weight excluding hydrogens is 420 g/mol. The molecule has 6 rings (SSSR count). The zero-order valence-corrected chi connectivity index (χ0v) is 19.7. The van der Waals surface area contributed by atoms with Gasteiger partial charge in [-0.05, 0) is 50.6 Å². The molecule has 1 unspecified atom stereocenters. The van der Waals surface area contributed by atoms with Crippen LogP contribution in [0.4, 0.5) is 11.6 Å². The van der Waals surface area contributed by atoms with E-state index in [0.717, 1.165) is 52.5 Å². The molecule has 2 aromatic carbocycles. The van der Waals surface area contributed by atoms with Crippen LogP contribution in [0.3, 0.4) is 0 Å². The van der Waals surface area contributed by atoms with Crippen LogP contribution in [0.2, 0.25) is 0 Å². The van der Waals surface area contributed by atoms with E-state index in [1.165, 1.54) is 18.4 Å². The molecule has 6 heteroatoms. The highest BCUT2D eigenvalue weighted by Crippen LogP contribution is 2.46. The summed E-state index contributed by atoms with van der Waals surface area (Å²) in [5.41, 5.74) is 11.8. The Labute approximate surface area is 200 Å². The first-order valence-corrected chi connectivity index (χ1v) is 12.0. The summed E-state index contributed by atoms with van der Waals surface area (Å²) in [7, 11) is 4.30. The summed E-state index contributed by atoms with van der Waals surface area (Å²) in [4.78, 5) is 18.8. The summed E-state index contributed by atoms with van der Waals surface area (Å²) >= 11 is 0. The summed E-state index contributed by atoms with van der Waals surface area (Å²) in [5, 5.41) is 1.14. The maximum Gasteiger partial charge on any atom is 0.138 e. The number of hydrogen-bond donors (Lipinski definition) is 1. The largest absolute Gasteiger partial charge is 0.383 e. The molecule has 172 valence electrons. The van der Waals surface area contributed by atoms with Gasteiger partial charge in [0.15, 0.2) is 0 Å². The van der Waals surface area contributed by atoms with Crippen LogP contribution in [-0.4, -0.2) is 53.1 Å². The molecule has 0 spiro atoms. The zero-order valence-electron chi connectivity index (χ0n) is 19.7. The Balaban J connectivity index is 1.34. The normalized spacial score (nSPS) is 21.6. The Morgan fingerprint density at radius 1 is 1.00 bits per heavy atom. The minimum Gasteiger partial charge on any atom is -0.383 e. The average Bonchev–Trinajstić information content (AvgIpc) is 3.21. The number of benzene rings is 2. The van der Waals surface area contributed by atoms with Crippen LogP contribution in [0, 0.1) is 5.92 Å². The minimum absolute atomic E-state index is 0.149. The fourth-order valence-electron chi connectivity index (χ4n) is 5.67. The maximum atomic E-state index is 6.43. The van der Waals surface area contributed by atoms with Gasteiger partial charge in [0.25, 0.3) is 0 Å². The van der Waals surface area contributed by atoms with Crippen molar-refractivity contribution in [3.8, 4) is 11.3 Å². The Hall–Kier alpha value is -3.51. The highest BCUT2D eigenvalue weighted by molar-refractivity contribution is 5.83. The Kier molecular flexibility index (Phi) is 5.18. The topological polar surface area (TPSA) is 71.2 Å². The first-order valence-electron chi connectivity index (χ1n) is 12.0. The number of hydrogen-bond acceptors (Lipinski definition) is 6. The molecule has 0 saturated heterocycles. The number of anilines is 2. The van der Waals surface area contributed by atoms with Crippen molar-refractivity contribution in [2.24, 2.45) is 5.92 Å². The van der Waals surface area contributed by atoms with Gasteiger partial charge in [-0.3, -0.25) is 0 Å². The van der Waals surface area contributed by atoms with Crippen molar-refractivity contribution in [1.82, 2.24) is 19.9 Å². The monoisotopic (exact) mass is 450 g/mol. The van der Waals surface area contributed by atoms with Crippen molar-refractivity contribution in [2.45, 2.75) is 24.8 Å². The first-order chi connectivity index (χ1) is 16.6. The first kappa shape index (κ1) is 21.1. The molecule has 0 amide bonds. The summed E-state index contributed by atoms with van der Waals surface area (Å²) in [6.45, 7) is 2.04. The highest BCUT2D eigenvalue weighted by atomic mass is 15.3. The number of rotatable bonds is 5. The van der Waals surface area contributed by atoms with Crippen LogP contribution in [0.25, 0.3) is 22.2 Å². The quantitative estimate of drug-likeness (QED) is 0.480. The lowest BCUT2D eigenvalue weighted by molar-refractivity contribution is 0.194. The van der Waals surface area contributed by atoms with Gasteiger partial charge in [-0.2, -0.15) is 0 Å². The lowest BCUT2D eigenvalue weighted by Gasteiger charge is -2.43. The summed E-state index contributed by atoms with van der Waals surface area (Å²) < 4.78 is 0. The molecule has 3 heterocycles. The molecule has 1 saturated carbocycles. The molecule has 4 aromatic rings. The predicted molar refractivity (Wildman–Crippen MR) is 138 cm³/mol. The number of nitrogens with zero attached hydrogens (tertiary/aromatic N) is 5. The predicted octanol–water partition coefficient (Wildman–Crippen LogP) is 4.57. The number of pyridine rings is 1. The number of aromatic nitrogens is 3. The smallest absolute Gasteiger partial charge is 0.138 e. The van der Waals surface area contributed by atoms with E-state index in [9.17, 15) is 0 Å². The molecular formula is C28H30N6. The van der Waals surface area contributed by atoms with Gasteiger partial charge in [0, 0.05) is 41.6 Å². The van der Waals surface area contributed by atoms with Crippen LogP contribution in [0.15, 0.2) is 67.0 Å². The lowest BCUT2D eigenvalue weighted by atomic mass is 9.79. The van der Waals surface area contributed by atoms with Crippen LogP contribution in [-0.2, 0) is 0 Å². The molecule has 0 radical (unpaired) electrons. The molecule has 2 N–H and O–H groups in total. The Bertz CT molecular complexity index is 1330. The van der Waals surface area contributed by atoms with Crippen molar-refractivity contribution in [3.05, 3.63) is 78.1 Å². The van der Waals surface area contributed by atoms with Gasteiger partial charge in [-0.25, -0.2) is 15.0 Å². The van der Waals surface area contributed by atoms with Gasteiger partial charge in [0.05, 0.1) is 11.2 Å². The highest BCUT2D eigenvalue weighted by Gasteiger charge is 2.42. The molecule has 0 bridgehead atoms. The van der Waals surface area contributed by atoms with Gasteiger partial charge in [0.2, 0.25) is 0 Å². The lowest BCUT2D eigenvalue weighted by Crippen LogP contribution is -2.47. The summed E-state index contributed by atoms with van der Waals surface area (Å²) in [6, 6.07) is 21.7. The van der Waals surface area contributed by atoms with Gasteiger partial charge in [-0.15, -0.1) is 0 Å². The van der Waals surface area contributed by atoms with Crippen molar-refractivity contribution < 1.29 is 0 Å². The van der Waals surface area contributed by atoms with E-state index in [0.29, 0.717) is 11.9 Å². The standard InChI is InChI=1S/C28H30N6/c1-33(2)15-18-12-22(13-18)34-16-23(26-27(29)30-17-31-28(26)34)21-9-8-20-10-11-24(32-25(20)14-21)19-6-4-3-5-7-19/h3-11,14,17-18,22-23H,12-13,15-16H2,1-2H3,(H2,29,30,31). The molecule has 1 fully saturated rings. The fraction of sp³-hybridized carbons (Fsp3) is 0.321. The number of nitrogens with two attached hydrogens (primary N) is 1. The van der Waals surface area contributed by atoms with E-state index in [4.69, 9.17) is 15.7 Å². The van der Waals surface area contributed by atoms with Crippen molar-refractivity contribution in [2.75, 3.05) is 37.8 Å². The van der Waals surface area contributed by atoms with E-state index in [1.807, 2.05) is 18.2 Å². The third-order valence-corrected chi connectivity index (χ3v) is 7.36. The second-order valence-corrected chi connectivity index (χ2v) is 9.97. The maximum absolute atomic E-state index is 6.43. The van der Waals surface area contributed by atoms with E-state index in [1.54, 1.807) is 6.33 Å². The second-order valence-electron chi connectivity index (χ2n) is 9.97. The average molecular weight is 451 g/mol. The van der Waals surface area contributed by atoms with Crippen LogP contribution < -0.4 is 10.6 Å². The summed E-state index contributed by atoms with van der Waals surface area (Å²) in [6.07, 6.45) is 4.01. The van der Waals surface area contributed by atoms with Crippen LogP contribution in [0.5, 0.6) is 0 Å². The molecule has 2 aliphatic rings.